The fourth-order valence-electron chi connectivity index (χ4n) is 2.17. The summed E-state index contributed by atoms with van der Waals surface area (Å²) >= 11 is 0. The van der Waals surface area contributed by atoms with Crippen LogP contribution in [0.5, 0.6) is 0 Å². The molecule has 4 nitrogen and oxygen atoms in total. The van der Waals surface area contributed by atoms with E-state index in [4.69, 9.17) is 10.8 Å². The van der Waals surface area contributed by atoms with Gasteiger partial charge in [-0.2, -0.15) is 0 Å². The highest BCUT2D eigenvalue weighted by atomic mass is 16.3. The second-order valence-corrected chi connectivity index (χ2v) is 5.21. The van der Waals surface area contributed by atoms with Gasteiger partial charge < -0.3 is 15.7 Å². The number of aliphatic hydroxyl groups is 1. The molecule has 1 amide bonds. The van der Waals surface area contributed by atoms with Gasteiger partial charge in [0.2, 0.25) is 5.91 Å². The third kappa shape index (κ3) is 9.00. The summed E-state index contributed by atoms with van der Waals surface area (Å²) in [5.41, 5.74) is 5.90. The number of unbranched alkanes of at least 4 members (excludes halogenated alkanes) is 4. The Bertz CT molecular complexity index is 222. The molecule has 0 aliphatic carbocycles. The minimum Gasteiger partial charge on any atom is -0.396 e. The molecule has 1 unspecified atom stereocenters. The van der Waals surface area contributed by atoms with Crippen LogP contribution in [0.2, 0.25) is 0 Å². The first-order valence-corrected chi connectivity index (χ1v) is 7.82. The van der Waals surface area contributed by atoms with Gasteiger partial charge in [0.05, 0.1) is 6.04 Å². The first-order chi connectivity index (χ1) is 9.17. The fourth-order valence-corrected chi connectivity index (χ4v) is 2.17. The molecule has 0 spiro atoms. The standard InChI is InChI=1S/C15H32N2O2/c1-3-5-6-7-8-11-17(12-9-13-18)15(19)14(16)10-4-2/h14,18H,3-13,16H2,1-2H3. The van der Waals surface area contributed by atoms with Crippen molar-refractivity contribution >= 4 is 5.91 Å². The zero-order valence-corrected chi connectivity index (χ0v) is 12.7. The van der Waals surface area contributed by atoms with Gasteiger partial charge in [0.15, 0.2) is 0 Å². The molecule has 1 atom stereocenters. The molecule has 0 saturated heterocycles. The minimum absolute atomic E-state index is 0.0470. The van der Waals surface area contributed by atoms with Crippen molar-refractivity contribution in [1.82, 2.24) is 4.90 Å². The van der Waals surface area contributed by atoms with Crippen LogP contribution in [-0.2, 0) is 4.79 Å². The number of rotatable bonds is 12. The van der Waals surface area contributed by atoms with Crippen molar-refractivity contribution in [2.45, 2.75) is 71.3 Å². The molecule has 0 fully saturated rings. The molecular formula is C15H32N2O2. The number of hydrogen-bond donors (Lipinski definition) is 2. The molecule has 0 aliphatic rings. The highest BCUT2D eigenvalue weighted by Crippen LogP contribution is 2.07. The van der Waals surface area contributed by atoms with Crippen molar-refractivity contribution in [3.05, 3.63) is 0 Å². The van der Waals surface area contributed by atoms with Gasteiger partial charge in [-0.15, -0.1) is 0 Å². The van der Waals surface area contributed by atoms with E-state index in [9.17, 15) is 4.79 Å². The van der Waals surface area contributed by atoms with Crippen LogP contribution in [0.4, 0.5) is 0 Å². The predicted octanol–water partition coefficient (Wildman–Crippen LogP) is 2.30. The second-order valence-electron chi connectivity index (χ2n) is 5.21. The quantitative estimate of drug-likeness (QED) is 0.536. The number of carbonyl (C=O) groups excluding carboxylic acids is 1. The largest absolute Gasteiger partial charge is 0.396 e. The summed E-state index contributed by atoms with van der Waals surface area (Å²) in [6, 6.07) is -0.376. The molecule has 0 radical (unpaired) electrons. The van der Waals surface area contributed by atoms with Gasteiger partial charge >= 0.3 is 0 Å². The van der Waals surface area contributed by atoms with E-state index in [1.165, 1.54) is 25.7 Å². The van der Waals surface area contributed by atoms with Crippen molar-refractivity contribution in [1.29, 1.82) is 0 Å². The molecule has 3 N–H and O–H groups in total. The Morgan fingerprint density at radius 3 is 2.26 bits per heavy atom. The maximum absolute atomic E-state index is 12.2. The van der Waals surface area contributed by atoms with E-state index in [0.29, 0.717) is 13.0 Å². The van der Waals surface area contributed by atoms with E-state index in [1.807, 2.05) is 11.8 Å². The molecular weight excluding hydrogens is 240 g/mol. The Hall–Kier alpha value is -0.610. The van der Waals surface area contributed by atoms with Gasteiger partial charge in [0.25, 0.3) is 0 Å². The van der Waals surface area contributed by atoms with Crippen molar-refractivity contribution < 1.29 is 9.90 Å². The summed E-state index contributed by atoms with van der Waals surface area (Å²) in [6.07, 6.45) is 8.24. The molecule has 0 bridgehead atoms. The van der Waals surface area contributed by atoms with Gasteiger partial charge in [-0.25, -0.2) is 0 Å². The zero-order valence-electron chi connectivity index (χ0n) is 12.7. The van der Waals surface area contributed by atoms with Crippen LogP contribution in [-0.4, -0.2) is 41.7 Å². The Balaban J connectivity index is 4.09. The van der Waals surface area contributed by atoms with Crippen molar-refractivity contribution in [2.24, 2.45) is 5.73 Å². The first kappa shape index (κ1) is 18.4. The number of carbonyl (C=O) groups is 1. The molecule has 0 aromatic rings. The summed E-state index contributed by atoms with van der Waals surface area (Å²) < 4.78 is 0. The predicted molar refractivity (Wildman–Crippen MR) is 79.9 cm³/mol. The van der Waals surface area contributed by atoms with E-state index in [-0.39, 0.29) is 18.6 Å². The number of amides is 1. The average molecular weight is 272 g/mol. The molecule has 4 heteroatoms. The van der Waals surface area contributed by atoms with E-state index in [1.54, 1.807) is 0 Å². The molecule has 114 valence electrons. The fraction of sp³-hybridized carbons (Fsp3) is 0.933. The smallest absolute Gasteiger partial charge is 0.239 e. The summed E-state index contributed by atoms with van der Waals surface area (Å²) in [6.45, 7) is 5.76. The van der Waals surface area contributed by atoms with Crippen LogP contribution >= 0.6 is 0 Å². The van der Waals surface area contributed by atoms with E-state index < -0.39 is 0 Å². The van der Waals surface area contributed by atoms with E-state index >= 15 is 0 Å². The van der Waals surface area contributed by atoms with Crippen LogP contribution < -0.4 is 5.73 Å². The van der Waals surface area contributed by atoms with Crippen LogP contribution in [0.25, 0.3) is 0 Å². The topological polar surface area (TPSA) is 66.6 Å². The number of nitrogens with two attached hydrogens (primary N) is 1. The second kappa shape index (κ2) is 12.4. The zero-order chi connectivity index (χ0) is 14.5. The molecule has 0 aliphatic heterocycles. The van der Waals surface area contributed by atoms with Crippen molar-refractivity contribution in [3.8, 4) is 0 Å². The van der Waals surface area contributed by atoms with E-state index in [0.717, 1.165) is 25.8 Å². The Labute approximate surface area is 118 Å². The number of aliphatic hydroxyl groups excluding tert-OH is 1. The first-order valence-electron chi connectivity index (χ1n) is 7.82. The van der Waals surface area contributed by atoms with Gasteiger partial charge in [-0.1, -0.05) is 46.0 Å². The van der Waals surface area contributed by atoms with Gasteiger partial charge in [0, 0.05) is 19.7 Å². The maximum atomic E-state index is 12.2. The van der Waals surface area contributed by atoms with Crippen molar-refractivity contribution in [3.63, 3.8) is 0 Å². The molecule has 0 rings (SSSR count). The lowest BCUT2D eigenvalue weighted by atomic mass is 10.1. The highest BCUT2D eigenvalue weighted by Gasteiger charge is 2.19. The molecule has 0 saturated carbocycles. The molecule has 0 aromatic heterocycles. The van der Waals surface area contributed by atoms with Gasteiger partial charge in [0.1, 0.15) is 0 Å². The maximum Gasteiger partial charge on any atom is 0.239 e. The molecule has 0 aromatic carbocycles. The lowest BCUT2D eigenvalue weighted by Gasteiger charge is -2.25. The Morgan fingerprint density at radius 2 is 1.68 bits per heavy atom. The van der Waals surface area contributed by atoms with Crippen LogP contribution in [0.3, 0.4) is 0 Å². The third-order valence-electron chi connectivity index (χ3n) is 3.35. The van der Waals surface area contributed by atoms with Crippen LogP contribution in [0.15, 0.2) is 0 Å². The third-order valence-corrected chi connectivity index (χ3v) is 3.35. The lowest BCUT2D eigenvalue weighted by molar-refractivity contribution is -0.133. The highest BCUT2D eigenvalue weighted by molar-refractivity contribution is 5.81. The molecule has 0 heterocycles. The summed E-state index contributed by atoms with van der Waals surface area (Å²) in [4.78, 5) is 14.0. The van der Waals surface area contributed by atoms with Gasteiger partial charge in [-0.3, -0.25) is 4.79 Å². The Kier molecular flexibility index (Phi) is 12.0. The van der Waals surface area contributed by atoms with Crippen molar-refractivity contribution in [2.75, 3.05) is 19.7 Å². The van der Waals surface area contributed by atoms with Crippen LogP contribution in [0.1, 0.15) is 65.2 Å². The summed E-state index contributed by atoms with van der Waals surface area (Å²) in [5.74, 6) is 0.0470. The lowest BCUT2D eigenvalue weighted by Crippen LogP contribution is -2.44. The SMILES string of the molecule is CCCCCCCN(CCCO)C(=O)C(N)CCC. The Morgan fingerprint density at radius 1 is 1.05 bits per heavy atom. The summed E-state index contributed by atoms with van der Waals surface area (Å²) in [7, 11) is 0. The normalized spacial score (nSPS) is 12.4. The average Bonchev–Trinajstić information content (AvgIpc) is 2.41. The monoisotopic (exact) mass is 272 g/mol. The van der Waals surface area contributed by atoms with Gasteiger partial charge in [-0.05, 0) is 19.3 Å². The number of nitrogens with zero attached hydrogens (tertiary/aromatic N) is 1. The minimum atomic E-state index is -0.376. The van der Waals surface area contributed by atoms with Crippen LogP contribution in [0, 0.1) is 0 Å². The molecule has 19 heavy (non-hydrogen) atoms. The number of hydrogen-bond acceptors (Lipinski definition) is 3. The summed E-state index contributed by atoms with van der Waals surface area (Å²) in [5, 5.41) is 8.91. The van der Waals surface area contributed by atoms with E-state index in [2.05, 4.69) is 6.92 Å².